The van der Waals surface area contributed by atoms with Gasteiger partial charge in [-0.2, -0.15) is 0 Å². The van der Waals surface area contributed by atoms with Gasteiger partial charge in [0, 0.05) is 30.5 Å². The Labute approximate surface area is 189 Å². The number of hydrogen-bond donors (Lipinski definition) is 1. The van der Waals surface area contributed by atoms with Gasteiger partial charge >= 0.3 is 0 Å². The molecule has 1 N–H and O–H groups in total. The molecule has 32 heavy (non-hydrogen) atoms. The first-order chi connectivity index (χ1) is 15.5. The van der Waals surface area contributed by atoms with Crippen molar-refractivity contribution >= 4 is 28.3 Å². The maximum Gasteiger partial charge on any atom is 0.258 e. The summed E-state index contributed by atoms with van der Waals surface area (Å²) in [6.07, 6.45) is 2.96. The third-order valence-corrected chi connectivity index (χ3v) is 5.67. The van der Waals surface area contributed by atoms with Crippen LogP contribution in [-0.4, -0.2) is 31.0 Å². The van der Waals surface area contributed by atoms with E-state index < -0.39 is 0 Å². The lowest BCUT2D eigenvalue weighted by atomic mass is 10.1. The summed E-state index contributed by atoms with van der Waals surface area (Å²) in [5, 5.41) is 5.10. The van der Waals surface area contributed by atoms with E-state index in [2.05, 4.69) is 17.4 Å². The number of nitrogens with one attached hydrogen (secondary N) is 1. The molecular weight excluding hydrogens is 400 g/mol. The van der Waals surface area contributed by atoms with E-state index in [-0.39, 0.29) is 17.9 Å². The molecule has 1 aliphatic heterocycles. The second kappa shape index (κ2) is 9.86. The lowest BCUT2D eigenvalue weighted by molar-refractivity contribution is -0.121. The van der Waals surface area contributed by atoms with E-state index in [0.29, 0.717) is 25.9 Å². The van der Waals surface area contributed by atoms with Crippen LogP contribution in [0.1, 0.15) is 49.0 Å². The summed E-state index contributed by atoms with van der Waals surface area (Å²) in [4.78, 5) is 26.9. The number of carbonyl (C=O) groups is 2. The van der Waals surface area contributed by atoms with Gasteiger partial charge in [-0.15, -0.1) is 0 Å². The van der Waals surface area contributed by atoms with Gasteiger partial charge in [-0.25, -0.2) is 0 Å². The number of rotatable bonds is 10. The number of anilines is 1. The number of hydrogen-bond acceptors (Lipinski definition) is 3. The maximum absolute atomic E-state index is 12.8. The Morgan fingerprint density at radius 3 is 2.62 bits per heavy atom. The van der Waals surface area contributed by atoms with Crippen LogP contribution in [0.5, 0.6) is 5.75 Å². The lowest BCUT2D eigenvalue weighted by Gasteiger charge is -2.17. The fourth-order valence-electron chi connectivity index (χ4n) is 4.25. The highest BCUT2D eigenvalue weighted by molar-refractivity contribution is 6.25. The Morgan fingerprint density at radius 1 is 1.03 bits per heavy atom. The predicted molar refractivity (Wildman–Crippen MR) is 128 cm³/mol. The molecule has 5 heteroatoms. The maximum atomic E-state index is 12.8. The molecule has 3 aromatic rings. The quantitative estimate of drug-likeness (QED) is 0.455. The van der Waals surface area contributed by atoms with E-state index in [1.807, 2.05) is 62.4 Å². The summed E-state index contributed by atoms with van der Waals surface area (Å²) in [6.45, 7) is 5.21. The Balaban J connectivity index is 1.20. The third-order valence-electron chi connectivity index (χ3n) is 5.67. The van der Waals surface area contributed by atoms with Crippen molar-refractivity contribution in [1.82, 2.24) is 5.32 Å². The predicted octanol–water partition coefficient (Wildman–Crippen LogP) is 5.12. The van der Waals surface area contributed by atoms with Gasteiger partial charge in [0.05, 0.1) is 11.8 Å². The molecule has 0 saturated heterocycles. The smallest absolute Gasteiger partial charge is 0.258 e. The van der Waals surface area contributed by atoms with Crippen molar-refractivity contribution in [3.63, 3.8) is 0 Å². The summed E-state index contributed by atoms with van der Waals surface area (Å²) in [6, 6.07) is 19.9. The van der Waals surface area contributed by atoms with Gasteiger partial charge in [0.2, 0.25) is 5.91 Å². The molecule has 0 fully saturated rings. The molecule has 0 aliphatic carbocycles. The van der Waals surface area contributed by atoms with Gasteiger partial charge in [-0.1, -0.05) is 36.4 Å². The minimum absolute atomic E-state index is 0.0286. The lowest BCUT2D eigenvalue weighted by Crippen LogP contribution is -2.30. The molecular formula is C27H30N2O3. The van der Waals surface area contributed by atoms with Crippen LogP contribution >= 0.6 is 0 Å². The first-order valence-corrected chi connectivity index (χ1v) is 11.4. The molecule has 0 aromatic heterocycles. The Bertz CT molecular complexity index is 1120. The van der Waals surface area contributed by atoms with Gasteiger partial charge in [-0.3, -0.25) is 9.59 Å². The molecule has 0 radical (unpaired) electrons. The molecule has 3 aromatic carbocycles. The van der Waals surface area contributed by atoms with Crippen molar-refractivity contribution in [2.45, 2.75) is 45.6 Å². The summed E-state index contributed by atoms with van der Waals surface area (Å²) >= 11 is 0. The topological polar surface area (TPSA) is 58.6 Å². The minimum atomic E-state index is 0.0286. The Hall–Kier alpha value is -3.34. The summed E-state index contributed by atoms with van der Waals surface area (Å²) in [7, 11) is 0. The zero-order valence-corrected chi connectivity index (χ0v) is 18.8. The van der Waals surface area contributed by atoms with Crippen LogP contribution in [0.15, 0.2) is 60.7 Å². The highest BCUT2D eigenvalue weighted by Crippen LogP contribution is 2.37. The van der Waals surface area contributed by atoms with Gasteiger partial charge in [0.1, 0.15) is 5.75 Å². The second-order valence-corrected chi connectivity index (χ2v) is 8.51. The Morgan fingerprint density at radius 2 is 1.81 bits per heavy atom. The molecule has 0 atom stereocenters. The number of amides is 2. The van der Waals surface area contributed by atoms with Crippen LogP contribution in [-0.2, 0) is 11.2 Å². The molecule has 0 bridgehead atoms. The van der Waals surface area contributed by atoms with E-state index in [0.717, 1.165) is 40.6 Å². The second-order valence-electron chi connectivity index (χ2n) is 8.51. The number of ether oxygens (including phenoxy) is 1. The van der Waals surface area contributed by atoms with Crippen molar-refractivity contribution in [2.24, 2.45) is 0 Å². The molecule has 166 valence electrons. The number of nitrogens with zero attached hydrogens (tertiary/aromatic N) is 1. The van der Waals surface area contributed by atoms with Crippen molar-refractivity contribution in [1.29, 1.82) is 0 Å². The standard InChI is InChI=1S/C27H30N2O3/c1-19(2)32-22-12-3-8-20(18-22)9-6-16-28-25(30)15-7-17-29-24-14-5-11-21-10-4-13-23(26(21)24)27(29)31/h3-5,8,10-14,18-19H,6-7,9,15-17H2,1-2H3,(H,28,30). The fourth-order valence-corrected chi connectivity index (χ4v) is 4.25. The normalized spacial score (nSPS) is 12.6. The zero-order valence-electron chi connectivity index (χ0n) is 18.8. The molecule has 1 heterocycles. The van der Waals surface area contributed by atoms with Crippen LogP contribution in [0.25, 0.3) is 10.8 Å². The van der Waals surface area contributed by atoms with E-state index in [1.165, 1.54) is 5.56 Å². The highest BCUT2D eigenvalue weighted by atomic mass is 16.5. The van der Waals surface area contributed by atoms with Crippen molar-refractivity contribution in [2.75, 3.05) is 18.0 Å². The van der Waals surface area contributed by atoms with E-state index in [1.54, 1.807) is 4.90 Å². The molecule has 0 unspecified atom stereocenters. The average Bonchev–Trinajstić information content (AvgIpc) is 3.05. The monoisotopic (exact) mass is 430 g/mol. The van der Waals surface area contributed by atoms with Gasteiger partial charge < -0.3 is 15.0 Å². The van der Waals surface area contributed by atoms with E-state index in [4.69, 9.17) is 4.74 Å². The van der Waals surface area contributed by atoms with Crippen LogP contribution in [0.2, 0.25) is 0 Å². The highest BCUT2D eigenvalue weighted by Gasteiger charge is 2.28. The van der Waals surface area contributed by atoms with Gasteiger partial charge in [0.25, 0.3) is 5.91 Å². The zero-order chi connectivity index (χ0) is 22.5. The summed E-state index contributed by atoms with van der Waals surface area (Å²) in [5.41, 5.74) is 2.91. The van der Waals surface area contributed by atoms with Crippen molar-refractivity contribution in [3.05, 3.63) is 71.8 Å². The van der Waals surface area contributed by atoms with Gasteiger partial charge in [0.15, 0.2) is 0 Å². The van der Waals surface area contributed by atoms with Crippen LogP contribution < -0.4 is 15.0 Å². The Kier molecular flexibility index (Phi) is 6.74. The molecule has 0 spiro atoms. The summed E-state index contributed by atoms with van der Waals surface area (Å²) < 4.78 is 5.73. The minimum Gasteiger partial charge on any atom is -0.491 e. The SMILES string of the molecule is CC(C)Oc1cccc(CCCNC(=O)CCCN2C(=O)c3cccc4cccc2c34)c1. The first-order valence-electron chi connectivity index (χ1n) is 11.4. The van der Waals surface area contributed by atoms with E-state index in [9.17, 15) is 9.59 Å². The third kappa shape index (κ3) is 4.93. The molecule has 1 aliphatic rings. The van der Waals surface area contributed by atoms with Crippen molar-refractivity contribution < 1.29 is 14.3 Å². The van der Waals surface area contributed by atoms with Crippen LogP contribution in [0.4, 0.5) is 5.69 Å². The van der Waals surface area contributed by atoms with Crippen molar-refractivity contribution in [3.8, 4) is 5.75 Å². The molecule has 5 nitrogen and oxygen atoms in total. The van der Waals surface area contributed by atoms with E-state index >= 15 is 0 Å². The summed E-state index contributed by atoms with van der Waals surface area (Å²) in [5.74, 6) is 0.945. The molecule has 0 saturated carbocycles. The molecule has 2 amide bonds. The molecule has 4 rings (SSSR count). The number of carbonyl (C=O) groups excluding carboxylic acids is 2. The largest absolute Gasteiger partial charge is 0.491 e. The number of benzene rings is 3. The number of aryl methyl sites for hydroxylation is 1. The first kappa shape index (κ1) is 21.9. The average molecular weight is 431 g/mol. The van der Waals surface area contributed by atoms with Crippen LogP contribution in [0, 0.1) is 0 Å². The van der Waals surface area contributed by atoms with Gasteiger partial charge in [-0.05, 0) is 68.3 Å². The van der Waals surface area contributed by atoms with Crippen LogP contribution in [0.3, 0.4) is 0 Å². The fraction of sp³-hybridized carbons (Fsp3) is 0.333.